The molecule has 11 aliphatic rings. The minimum absolute atomic E-state index is 0.0185. The number of methoxy groups -OCH3 is 1. The average molecular weight is 1850 g/mol. The summed E-state index contributed by atoms with van der Waals surface area (Å²) < 4.78 is 207. The number of sulfonamides is 2. The molecule has 3 saturated heterocycles. The van der Waals surface area contributed by atoms with Crippen molar-refractivity contribution >= 4 is 89.5 Å². The van der Waals surface area contributed by atoms with Crippen molar-refractivity contribution < 1.29 is 114 Å². The van der Waals surface area contributed by atoms with E-state index < -0.39 is 238 Å². The van der Waals surface area contributed by atoms with Crippen LogP contribution in [0.1, 0.15) is 213 Å². The Labute approximate surface area is 744 Å². The molecule has 6 fully saturated rings. The lowest BCUT2D eigenvalue weighted by molar-refractivity contribution is -0.146. The third-order valence-electron chi connectivity index (χ3n) is 27.9. The normalized spacial score (nSPS) is 30.9. The van der Waals surface area contributed by atoms with E-state index in [1.165, 1.54) is 72.1 Å². The Morgan fingerprint density at radius 2 is 1.22 bits per heavy atom. The topological polar surface area (TPSA) is 371 Å². The number of nitrogens with one attached hydrogen (secondary N) is 6. The number of carbonyl (C=O) groups excluding carboxylic acids is 8. The number of pyridine rings is 2. The lowest BCUT2D eigenvalue weighted by Crippen LogP contribution is -2.68. The second kappa shape index (κ2) is 34.5. The van der Waals surface area contributed by atoms with Gasteiger partial charge in [0.25, 0.3) is 11.8 Å². The van der Waals surface area contributed by atoms with E-state index in [2.05, 4.69) is 57.5 Å². The Morgan fingerprint density at radius 1 is 0.651 bits per heavy atom. The third-order valence-corrected chi connectivity index (χ3v) is 32.3. The number of amides is 8. The van der Waals surface area contributed by atoms with Crippen LogP contribution >= 0.6 is 0 Å². The molecule has 2 aromatic carbocycles. The highest BCUT2D eigenvalue weighted by Crippen LogP contribution is 2.59. The van der Waals surface area contributed by atoms with Crippen LogP contribution < -0.4 is 49.7 Å². The molecular weight excluding hydrogens is 1730 g/mol. The highest BCUT2D eigenvalue weighted by atomic mass is 32.2. The Bertz CT molecular complexity index is 5470. The molecule has 7 aliphatic heterocycles. The number of alkyl carbamates (subject to hydrolysis) is 2. The molecular formula is C90H115F7N12O18S2. The molecule has 2 spiro atoms. The number of hydrogen-bond donors (Lipinski definition) is 6. The van der Waals surface area contributed by atoms with E-state index >= 15 is 63.1 Å². The van der Waals surface area contributed by atoms with Crippen molar-refractivity contribution in [2.75, 3.05) is 66.6 Å². The Balaban J connectivity index is 0.673. The number of halogens is 7. The zero-order chi connectivity index (χ0) is 93.0. The van der Waals surface area contributed by atoms with E-state index in [0.717, 1.165) is 42.5 Å². The highest BCUT2D eigenvalue weighted by molar-refractivity contribution is 7.92. The molecule has 13 atom stereocenters. The number of alkyl halides is 7. The number of benzene rings is 2. The van der Waals surface area contributed by atoms with Gasteiger partial charge in [-0.1, -0.05) is 69.1 Å². The zero-order valence-corrected chi connectivity index (χ0v) is 75.8. The minimum atomic E-state index is -5.27. The van der Waals surface area contributed by atoms with Crippen molar-refractivity contribution in [1.29, 1.82) is 0 Å². The number of nitrogens with zero attached hydrogens (tertiary/aromatic N) is 6. The molecule has 39 heteroatoms. The minimum Gasteiger partial charge on any atom is -0.497 e. The van der Waals surface area contributed by atoms with Gasteiger partial charge in [0.05, 0.1) is 47.3 Å². The molecule has 30 nitrogen and oxygen atoms in total. The summed E-state index contributed by atoms with van der Waals surface area (Å²) in [6, 6.07) is 2.12. The van der Waals surface area contributed by atoms with Crippen LogP contribution in [0, 0.1) is 17.8 Å². The molecule has 3 saturated carbocycles. The van der Waals surface area contributed by atoms with Gasteiger partial charge in [0.15, 0.2) is 22.9 Å². The number of allylic oxidation sites excluding steroid dienone is 2. The maximum absolute atomic E-state index is 18.6. The van der Waals surface area contributed by atoms with Gasteiger partial charge < -0.3 is 69.3 Å². The molecule has 8 amide bonds. The maximum atomic E-state index is 18.6. The van der Waals surface area contributed by atoms with Gasteiger partial charge in [-0.25, -0.2) is 40.8 Å². The molecule has 4 aliphatic carbocycles. The van der Waals surface area contributed by atoms with E-state index in [1.54, 1.807) is 63.3 Å². The summed E-state index contributed by atoms with van der Waals surface area (Å²) in [5.41, 5.74) is -16.9. The molecule has 0 bridgehead atoms. The number of rotatable bonds is 18. The number of hydrogen-bond acceptors (Lipinski definition) is 22. The van der Waals surface area contributed by atoms with Gasteiger partial charge >= 0.3 is 24.5 Å². The Kier molecular flexibility index (Phi) is 25.2. The summed E-state index contributed by atoms with van der Waals surface area (Å²) in [5, 5.41) is 11.1. The number of piperazine rings is 1. The molecule has 2 unspecified atom stereocenters. The molecule has 704 valence electrons. The first-order chi connectivity index (χ1) is 60.5. The monoisotopic (exact) mass is 1850 g/mol. The third kappa shape index (κ3) is 19.0. The second-order valence-electron chi connectivity index (χ2n) is 39.2. The maximum Gasteiger partial charge on any atom is 0.437 e. The van der Waals surface area contributed by atoms with Crippen LogP contribution in [-0.4, -0.2) is 228 Å². The average Bonchev–Trinajstić information content (AvgIpc) is 1.69. The summed E-state index contributed by atoms with van der Waals surface area (Å²) in [6.45, 7) is 15.5. The van der Waals surface area contributed by atoms with Gasteiger partial charge in [-0.3, -0.25) is 38.2 Å². The second-order valence-corrected chi connectivity index (χ2v) is 43.5. The van der Waals surface area contributed by atoms with E-state index in [-0.39, 0.29) is 91.9 Å². The number of carbonyl (C=O) groups is 8. The van der Waals surface area contributed by atoms with Crippen molar-refractivity contribution in [2.24, 2.45) is 17.8 Å². The van der Waals surface area contributed by atoms with Gasteiger partial charge in [-0.2, -0.15) is 26.3 Å². The first-order valence-corrected chi connectivity index (χ1v) is 47.6. The number of likely N-dealkylation sites (N-methyl/N-ethyl adjacent to an activating group) is 1. The van der Waals surface area contributed by atoms with Crippen LogP contribution in [-0.2, 0) is 82.7 Å². The summed E-state index contributed by atoms with van der Waals surface area (Å²) >= 11 is 0. The predicted molar refractivity (Wildman–Crippen MR) is 458 cm³/mol. The van der Waals surface area contributed by atoms with Crippen LogP contribution in [0.4, 0.5) is 40.3 Å². The molecule has 15 rings (SSSR count). The number of aryl methyl sites for hydroxylation is 1. The predicted octanol–water partition coefficient (Wildman–Crippen LogP) is 11.2. The smallest absolute Gasteiger partial charge is 0.437 e. The van der Waals surface area contributed by atoms with Gasteiger partial charge in [0.2, 0.25) is 43.7 Å². The lowest BCUT2D eigenvalue weighted by Gasteiger charge is -2.44. The van der Waals surface area contributed by atoms with Crippen LogP contribution in [0.2, 0.25) is 0 Å². The fourth-order valence-electron chi connectivity index (χ4n) is 19.9. The standard InChI is InChI=1S/C90H115F7N12O18S2/c1-11-86(91)50-85(125-69-67(86)60-43-56(122-10)27-29-62(60)99-71(69)90(95,96)97)49-66-73(111)103-88(77(115)104-128(118,119)82(7)35-36-82)47-54(88)24-19-15-13-17-21-26-64(75(113)109(66)52-85)101-79(117)127-81(5,6)45-55-46-83(55,8)129(120,121)105-76(114)87-34-31-53(87)23-18-14-12-16-20-25-63(100-78(116)126-80(2,3)4)74(112)108-51-84(48-65(108)72(110)102-87)33-32-58-59-44-57(123-42-22-37-107-40-38-106(9)39-41-107)28-30-61(59)98-70(68(58)124-84)89(92,93)94/h18-19,23-24,27-31,34,43-44,53-55,63-66H,11-17,20-22,25-26,32-33,35-42,45-52H2,1-10H3,(H,100,116)(H,101,117)(H,102,110)(H,103,111)(H,104,115)(H,105,114)/b23-18-,24-19-/t53-,54-,55?,63+,64+,65+,66+,83?,84-,85+,86+,87-,88-/m1/s1. The van der Waals surface area contributed by atoms with Crippen molar-refractivity contribution in [2.45, 2.75) is 282 Å². The molecule has 6 N–H and O–H groups in total. The van der Waals surface area contributed by atoms with Gasteiger partial charge in [-0.05, 0) is 194 Å². The van der Waals surface area contributed by atoms with E-state index in [1.807, 2.05) is 0 Å². The molecule has 0 radical (unpaired) electrons. The summed E-state index contributed by atoms with van der Waals surface area (Å²) in [4.78, 5) is 135. The van der Waals surface area contributed by atoms with Gasteiger partial charge in [0, 0.05) is 85.7 Å². The zero-order valence-electron chi connectivity index (χ0n) is 74.2. The molecule has 2 aromatic heterocycles. The SMILES string of the molecule is CC[C@]1(F)C[C@]2(C[C@H]3C(=O)N[C@]4(C(=O)NS(=O)(=O)C5(C)CC5)C[C@H]4/C=C\CCCCC[C@H](NC(=O)OC(C)(C)CC4CC4(C)S(=O)(=O)NC(=O)[C@@]45C=C[C@H]4/C=C\CCCCC[C@H](NC(=O)OC(C)(C)C)C(=O)N4C[C@@]6(CCc7c(c(C(F)(F)F)nc8ccc(OCCCN9CCN(C)CC9)cc78)O6)C[C@H]4C(=O)N5)C(=O)N3C2)Oc2c(C(F)(F)F)nc3ccc(OC)cc3c21. The van der Waals surface area contributed by atoms with Crippen molar-refractivity contribution in [1.82, 2.24) is 60.3 Å². The summed E-state index contributed by atoms with van der Waals surface area (Å²) in [5.74, 6) is -10.0. The van der Waals surface area contributed by atoms with E-state index in [9.17, 15) is 22.8 Å². The van der Waals surface area contributed by atoms with Crippen LogP contribution in [0.3, 0.4) is 0 Å². The van der Waals surface area contributed by atoms with E-state index in [4.69, 9.17) is 28.4 Å². The fraction of sp³-hybridized carbons (Fsp3) is 0.644. The van der Waals surface area contributed by atoms with Crippen LogP contribution in [0.5, 0.6) is 23.0 Å². The largest absolute Gasteiger partial charge is 0.497 e. The van der Waals surface area contributed by atoms with Gasteiger partial charge in [-0.15, -0.1) is 0 Å². The van der Waals surface area contributed by atoms with Gasteiger partial charge in [0.1, 0.15) is 74.8 Å². The number of ether oxygens (including phenoxy) is 6. The highest BCUT2D eigenvalue weighted by Gasteiger charge is 2.68. The van der Waals surface area contributed by atoms with Crippen molar-refractivity contribution in [3.05, 3.63) is 95.4 Å². The number of fused-ring (bicyclic) bond motifs is 10. The van der Waals surface area contributed by atoms with E-state index in [0.29, 0.717) is 69.1 Å². The first kappa shape index (κ1) is 94.0. The molecule has 4 aromatic rings. The summed E-state index contributed by atoms with van der Waals surface area (Å²) in [7, 11) is -5.79. The van der Waals surface area contributed by atoms with Crippen LogP contribution in [0.15, 0.2) is 72.9 Å². The van der Waals surface area contributed by atoms with Crippen molar-refractivity contribution in [3.63, 3.8) is 0 Å². The lowest BCUT2D eigenvalue weighted by atomic mass is 9.73. The summed E-state index contributed by atoms with van der Waals surface area (Å²) in [6.07, 6.45) is -1.37. The first-order valence-electron chi connectivity index (χ1n) is 44.6. The quantitative estimate of drug-likeness (QED) is 0.0306. The molecule has 129 heavy (non-hydrogen) atoms. The Hall–Kier alpha value is -9.63. The Morgan fingerprint density at radius 3 is 1.81 bits per heavy atom. The fourth-order valence-corrected chi connectivity index (χ4v) is 22.8. The van der Waals surface area contributed by atoms with Crippen LogP contribution in [0.25, 0.3) is 21.8 Å². The molecule has 9 heterocycles. The number of aromatic nitrogens is 2. The van der Waals surface area contributed by atoms with Crippen molar-refractivity contribution in [3.8, 4) is 23.0 Å².